The first kappa shape index (κ1) is 11.0. The zero-order valence-corrected chi connectivity index (χ0v) is 9.08. The van der Waals surface area contributed by atoms with Gasteiger partial charge in [-0.15, -0.1) is 0 Å². The molecule has 0 amide bonds. The predicted octanol–water partition coefficient (Wildman–Crippen LogP) is 2.57. The summed E-state index contributed by atoms with van der Waals surface area (Å²) >= 11 is 0. The van der Waals surface area contributed by atoms with Gasteiger partial charge >= 0.3 is 0 Å². The van der Waals surface area contributed by atoms with E-state index in [0.29, 0.717) is 11.1 Å². The second-order valence-corrected chi connectivity index (χ2v) is 3.57. The largest absolute Gasteiger partial charge is 0.292 e. The minimum atomic E-state index is -0.764. The third kappa shape index (κ3) is 2.37. The molecule has 0 saturated carbocycles. The van der Waals surface area contributed by atoms with Crippen LogP contribution in [0.25, 0.3) is 0 Å². The second kappa shape index (κ2) is 5.04. The Kier molecular flexibility index (Phi) is 3.27. The number of carbonyl (C=O) groups excluding carboxylic acids is 1. The van der Waals surface area contributed by atoms with Gasteiger partial charge in [0.25, 0.3) is 0 Å². The smallest absolute Gasteiger partial charge is 0.184 e. The molecule has 82 valence electrons. The number of benzene rings is 1. The summed E-state index contributed by atoms with van der Waals surface area (Å²) in [7, 11) is 0. The van der Waals surface area contributed by atoms with Crippen LogP contribution >= 0.6 is 0 Å². The normalized spacial score (nSPS) is 11.5. The molecule has 0 aliphatic heterocycles. The third-order valence-corrected chi connectivity index (χ3v) is 2.49. The van der Waals surface area contributed by atoms with Gasteiger partial charge in [0.2, 0.25) is 0 Å². The van der Waals surface area contributed by atoms with E-state index in [1.54, 1.807) is 48.8 Å². The number of nitrogens with zero attached hydrogens (tertiary/aromatic N) is 2. The topological polar surface area (TPSA) is 53.8 Å². The molecule has 0 fully saturated rings. The highest BCUT2D eigenvalue weighted by Gasteiger charge is 2.21. The van der Waals surface area contributed by atoms with E-state index in [4.69, 9.17) is 5.26 Å². The van der Waals surface area contributed by atoms with E-state index < -0.39 is 5.92 Å². The van der Waals surface area contributed by atoms with Gasteiger partial charge in [-0.05, 0) is 17.7 Å². The quantitative estimate of drug-likeness (QED) is 0.750. The van der Waals surface area contributed by atoms with Gasteiger partial charge in [-0.1, -0.05) is 30.3 Å². The van der Waals surface area contributed by atoms with Crippen LogP contribution in [0, 0.1) is 11.3 Å². The molecule has 0 N–H and O–H groups in total. The van der Waals surface area contributed by atoms with Crippen molar-refractivity contribution < 1.29 is 4.79 Å². The predicted molar refractivity (Wildman–Crippen MR) is 63.4 cm³/mol. The Labute approximate surface area is 99.4 Å². The highest BCUT2D eigenvalue weighted by atomic mass is 16.1. The maximum Gasteiger partial charge on any atom is 0.184 e. The van der Waals surface area contributed by atoms with Crippen molar-refractivity contribution in [3.8, 4) is 6.07 Å². The first-order valence-corrected chi connectivity index (χ1v) is 5.21. The van der Waals surface area contributed by atoms with E-state index in [-0.39, 0.29) is 5.78 Å². The summed E-state index contributed by atoms with van der Waals surface area (Å²) in [6.45, 7) is 0. The van der Waals surface area contributed by atoms with E-state index in [9.17, 15) is 4.79 Å². The number of nitriles is 1. The van der Waals surface area contributed by atoms with Crippen molar-refractivity contribution in [1.82, 2.24) is 4.98 Å². The van der Waals surface area contributed by atoms with E-state index in [0.717, 1.165) is 0 Å². The number of ketones is 1. The maximum atomic E-state index is 12.1. The summed E-state index contributed by atoms with van der Waals surface area (Å²) in [6, 6.07) is 14.3. The molecule has 0 radical (unpaired) electrons. The molecule has 2 aromatic rings. The Morgan fingerprint density at radius 2 is 1.76 bits per heavy atom. The lowest BCUT2D eigenvalue weighted by molar-refractivity contribution is 0.0979. The summed E-state index contributed by atoms with van der Waals surface area (Å²) < 4.78 is 0. The molecule has 17 heavy (non-hydrogen) atoms. The van der Waals surface area contributed by atoms with Crippen molar-refractivity contribution in [2.24, 2.45) is 0 Å². The van der Waals surface area contributed by atoms with Crippen molar-refractivity contribution in [2.75, 3.05) is 0 Å². The van der Waals surface area contributed by atoms with E-state index in [1.165, 1.54) is 0 Å². The van der Waals surface area contributed by atoms with Crippen LogP contribution in [0.4, 0.5) is 0 Å². The summed E-state index contributed by atoms with van der Waals surface area (Å²) in [5.74, 6) is -0.945. The Balaban J connectivity index is 2.33. The number of carbonyl (C=O) groups is 1. The van der Waals surface area contributed by atoms with Crippen molar-refractivity contribution in [1.29, 1.82) is 5.26 Å². The lowest BCUT2D eigenvalue weighted by Gasteiger charge is -2.07. The average molecular weight is 222 g/mol. The van der Waals surface area contributed by atoms with E-state index in [1.807, 2.05) is 12.1 Å². The van der Waals surface area contributed by atoms with Crippen LogP contribution < -0.4 is 0 Å². The first-order chi connectivity index (χ1) is 8.33. The van der Waals surface area contributed by atoms with Crippen molar-refractivity contribution in [3.63, 3.8) is 0 Å². The van der Waals surface area contributed by atoms with Crippen molar-refractivity contribution in [3.05, 3.63) is 66.0 Å². The molecule has 0 aliphatic rings. The van der Waals surface area contributed by atoms with Crippen LogP contribution in [0.15, 0.2) is 54.9 Å². The molecule has 3 nitrogen and oxygen atoms in total. The Hall–Kier alpha value is -2.47. The maximum absolute atomic E-state index is 12.1. The van der Waals surface area contributed by atoms with Crippen LogP contribution in [-0.4, -0.2) is 10.8 Å². The van der Waals surface area contributed by atoms with E-state index in [2.05, 4.69) is 4.98 Å². The number of hydrogen-bond donors (Lipinski definition) is 0. The molecule has 1 aromatic carbocycles. The molecule has 0 aliphatic carbocycles. The minimum Gasteiger partial charge on any atom is -0.292 e. The SMILES string of the molecule is N#CC(C(=O)c1ccccc1)c1ccncc1. The van der Waals surface area contributed by atoms with Gasteiger partial charge in [0.15, 0.2) is 5.78 Å². The van der Waals surface area contributed by atoms with Crippen LogP contribution in [-0.2, 0) is 0 Å². The first-order valence-electron chi connectivity index (χ1n) is 5.21. The third-order valence-electron chi connectivity index (χ3n) is 2.49. The molecule has 1 aromatic heterocycles. The molecule has 0 bridgehead atoms. The second-order valence-electron chi connectivity index (χ2n) is 3.57. The Morgan fingerprint density at radius 3 is 2.35 bits per heavy atom. The summed E-state index contributed by atoms with van der Waals surface area (Å²) in [5, 5.41) is 9.12. The Bertz CT molecular complexity index is 543. The van der Waals surface area contributed by atoms with Gasteiger partial charge in [-0.3, -0.25) is 9.78 Å². The van der Waals surface area contributed by atoms with Crippen molar-refractivity contribution in [2.45, 2.75) is 5.92 Å². The molecule has 2 rings (SSSR count). The van der Waals surface area contributed by atoms with Gasteiger partial charge < -0.3 is 0 Å². The average Bonchev–Trinajstić information content (AvgIpc) is 2.42. The molecule has 0 spiro atoms. The number of pyridine rings is 1. The van der Waals surface area contributed by atoms with Crippen molar-refractivity contribution >= 4 is 5.78 Å². The van der Waals surface area contributed by atoms with Gasteiger partial charge in [-0.25, -0.2) is 0 Å². The number of Topliss-reactive ketones (excluding diaryl/α,β-unsaturated/α-hetero) is 1. The molecule has 1 unspecified atom stereocenters. The zero-order valence-electron chi connectivity index (χ0n) is 9.08. The van der Waals surface area contributed by atoms with Crippen LogP contribution in [0.2, 0.25) is 0 Å². The number of aromatic nitrogens is 1. The monoisotopic (exact) mass is 222 g/mol. The van der Waals surface area contributed by atoms with Gasteiger partial charge in [0.1, 0.15) is 5.92 Å². The number of rotatable bonds is 3. The molecule has 1 heterocycles. The van der Waals surface area contributed by atoms with Gasteiger partial charge in [-0.2, -0.15) is 5.26 Å². The van der Waals surface area contributed by atoms with Crippen LogP contribution in [0.5, 0.6) is 0 Å². The molecule has 1 atom stereocenters. The summed E-state index contributed by atoms with van der Waals surface area (Å²) in [6.07, 6.45) is 3.16. The fraction of sp³-hybridized carbons (Fsp3) is 0.0714. The zero-order chi connectivity index (χ0) is 12.1. The standard InChI is InChI=1S/C14H10N2O/c15-10-13(11-6-8-16-9-7-11)14(17)12-4-2-1-3-5-12/h1-9,13H. The fourth-order valence-electron chi connectivity index (χ4n) is 1.61. The summed E-state index contributed by atoms with van der Waals surface area (Å²) in [5.41, 5.74) is 1.23. The minimum absolute atomic E-state index is 0.181. The molecular formula is C14H10N2O. The number of hydrogen-bond acceptors (Lipinski definition) is 3. The molecule has 0 saturated heterocycles. The lowest BCUT2D eigenvalue weighted by atomic mass is 9.93. The highest BCUT2D eigenvalue weighted by molar-refractivity contribution is 6.02. The Morgan fingerprint density at radius 1 is 1.12 bits per heavy atom. The molecular weight excluding hydrogens is 212 g/mol. The van der Waals surface area contributed by atoms with Crippen LogP contribution in [0.1, 0.15) is 21.8 Å². The fourth-order valence-corrected chi connectivity index (χ4v) is 1.61. The summed E-state index contributed by atoms with van der Waals surface area (Å²) in [4.78, 5) is 16.0. The molecule has 3 heteroatoms. The van der Waals surface area contributed by atoms with Crippen LogP contribution in [0.3, 0.4) is 0 Å². The lowest BCUT2D eigenvalue weighted by Crippen LogP contribution is -2.11. The highest BCUT2D eigenvalue weighted by Crippen LogP contribution is 2.19. The van der Waals surface area contributed by atoms with Gasteiger partial charge in [0, 0.05) is 18.0 Å². The van der Waals surface area contributed by atoms with E-state index >= 15 is 0 Å². The van der Waals surface area contributed by atoms with Gasteiger partial charge in [0.05, 0.1) is 6.07 Å².